The molecular weight excluding hydrogens is 535 g/mol. The average Bonchev–Trinajstić information content (AvgIpc) is 3.28. The summed E-state index contributed by atoms with van der Waals surface area (Å²) in [6.45, 7) is 0. The predicted molar refractivity (Wildman–Crippen MR) is 138 cm³/mol. The molecule has 204 valence electrons. The number of nitrogens with one attached hydrogen (secondary N) is 1. The number of nitrogens with zero attached hydrogens (tertiary/aromatic N) is 4. The van der Waals surface area contributed by atoms with E-state index in [9.17, 15) is 28.0 Å². The summed E-state index contributed by atoms with van der Waals surface area (Å²) in [5.74, 6) is -4.30. The lowest BCUT2D eigenvalue weighted by Gasteiger charge is -2.43. The molecule has 12 heteroatoms. The van der Waals surface area contributed by atoms with E-state index in [1.807, 2.05) is 0 Å². The summed E-state index contributed by atoms with van der Waals surface area (Å²) in [6, 6.07) is 14.3. The number of rotatable bonds is 8. The van der Waals surface area contributed by atoms with Crippen molar-refractivity contribution in [1.82, 2.24) is 15.5 Å². The van der Waals surface area contributed by atoms with Gasteiger partial charge in [0.15, 0.2) is 6.04 Å². The number of carbonyl (C=O) groups excluding carboxylic acids is 2. The third-order valence-corrected chi connectivity index (χ3v) is 7.11. The molecule has 0 bridgehead atoms. The topological polar surface area (TPSA) is 89.0 Å². The average molecular weight is 560 g/mol. The van der Waals surface area contributed by atoms with Crippen molar-refractivity contribution in [3.63, 3.8) is 0 Å². The fourth-order valence-electron chi connectivity index (χ4n) is 4.94. The van der Waals surface area contributed by atoms with Crippen LogP contribution >= 0.6 is 11.6 Å². The number of aromatic nitrogens is 1. The Morgan fingerprint density at radius 1 is 1.13 bits per heavy atom. The molecule has 3 aromatic rings. The van der Waals surface area contributed by atoms with Crippen LogP contribution in [-0.4, -0.2) is 45.3 Å². The molecule has 0 spiro atoms. The molecule has 2 amide bonds. The fraction of sp³-hybridized carbons (Fsp3) is 0.296. The highest BCUT2D eigenvalue weighted by molar-refractivity contribution is 6.31. The van der Waals surface area contributed by atoms with Crippen molar-refractivity contribution in [2.45, 2.75) is 49.9 Å². The second-order valence-corrected chi connectivity index (χ2v) is 9.92. The van der Waals surface area contributed by atoms with Crippen molar-refractivity contribution in [2.75, 3.05) is 9.91 Å². The van der Waals surface area contributed by atoms with Gasteiger partial charge in [0.1, 0.15) is 17.8 Å². The Labute approximate surface area is 227 Å². The molecule has 0 radical (unpaired) electrons. The number of carbonyl (C=O) groups is 2. The van der Waals surface area contributed by atoms with Crippen LogP contribution < -0.4 is 15.2 Å². The highest BCUT2D eigenvalue weighted by Gasteiger charge is 2.48. The summed E-state index contributed by atoms with van der Waals surface area (Å²) in [6.07, 6.45) is -0.346. The second-order valence-electron chi connectivity index (χ2n) is 9.51. The van der Waals surface area contributed by atoms with Crippen LogP contribution in [0.3, 0.4) is 0 Å². The number of amides is 2. The summed E-state index contributed by atoms with van der Waals surface area (Å²) >= 11 is 6.49. The third kappa shape index (κ3) is 5.56. The summed E-state index contributed by atoms with van der Waals surface area (Å²) in [5, 5.41) is 16.3. The molecule has 39 heavy (non-hydrogen) atoms. The largest absolute Gasteiger partial charge is 0.351 e. The van der Waals surface area contributed by atoms with Gasteiger partial charge in [0.25, 0.3) is 5.92 Å². The van der Waals surface area contributed by atoms with Crippen LogP contribution in [0.15, 0.2) is 72.9 Å². The first kappa shape index (κ1) is 26.9. The summed E-state index contributed by atoms with van der Waals surface area (Å²) in [4.78, 5) is 32.2. The fourth-order valence-corrected chi connectivity index (χ4v) is 5.18. The maximum atomic E-state index is 14.5. The van der Waals surface area contributed by atoms with Crippen LogP contribution in [0.25, 0.3) is 0 Å². The van der Waals surface area contributed by atoms with Crippen molar-refractivity contribution in [3.05, 3.63) is 89.3 Å². The Morgan fingerprint density at radius 3 is 2.54 bits per heavy atom. The molecule has 1 aliphatic carbocycles. The Balaban J connectivity index is 1.59. The summed E-state index contributed by atoms with van der Waals surface area (Å²) < 4.78 is 41.6. The van der Waals surface area contributed by atoms with Gasteiger partial charge in [0, 0.05) is 42.1 Å². The highest BCUT2D eigenvalue weighted by atomic mass is 35.5. The van der Waals surface area contributed by atoms with E-state index in [1.54, 1.807) is 42.5 Å². The van der Waals surface area contributed by atoms with E-state index in [-0.39, 0.29) is 40.8 Å². The van der Waals surface area contributed by atoms with Gasteiger partial charge in [-0.3, -0.25) is 24.7 Å². The van der Waals surface area contributed by atoms with E-state index in [1.165, 1.54) is 29.3 Å². The Hall–Kier alpha value is -3.67. The molecule has 1 aromatic heterocycles. The number of alkyl halides is 2. The van der Waals surface area contributed by atoms with Crippen LogP contribution in [0.1, 0.15) is 37.3 Å². The number of benzene rings is 2. The van der Waals surface area contributed by atoms with Gasteiger partial charge in [0.2, 0.25) is 11.8 Å². The van der Waals surface area contributed by atoms with Gasteiger partial charge < -0.3 is 5.32 Å². The number of pyridine rings is 1. The van der Waals surface area contributed by atoms with Gasteiger partial charge in [-0.2, -0.15) is 0 Å². The Kier molecular flexibility index (Phi) is 7.48. The van der Waals surface area contributed by atoms with Gasteiger partial charge in [-0.05, 0) is 42.8 Å². The lowest BCUT2D eigenvalue weighted by Crippen LogP contribution is -2.59. The van der Waals surface area contributed by atoms with E-state index in [0.717, 1.165) is 11.1 Å². The maximum absolute atomic E-state index is 14.5. The van der Waals surface area contributed by atoms with Crippen molar-refractivity contribution < 1.29 is 28.0 Å². The molecular formula is C27H25ClF3N5O3. The SMILES string of the molecule is O=C(NC1CC(F)(F)C1)C(c1ccccc1Cl)N(c1cccc(F)c1)N(O)[C@@H]1CCC(=O)N1c1ccccn1. The van der Waals surface area contributed by atoms with Crippen molar-refractivity contribution in [2.24, 2.45) is 0 Å². The minimum atomic E-state index is -2.88. The molecule has 2 atom stereocenters. The minimum Gasteiger partial charge on any atom is -0.351 e. The highest BCUT2D eigenvalue weighted by Crippen LogP contribution is 2.40. The molecule has 2 aromatic carbocycles. The number of hydrazine groups is 1. The van der Waals surface area contributed by atoms with Gasteiger partial charge in [-0.1, -0.05) is 47.1 Å². The van der Waals surface area contributed by atoms with Gasteiger partial charge >= 0.3 is 0 Å². The molecule has 2 aliphatic rings. The lowest BCUT2D eigenvalue weighted by molar-refractivity contribution is -0.153. The summed E-state index contributed by atoms with van der Waals surface area (Å²) in [7, 11) is 0. The number of hydroxylamine groups is 1. The van der Waals surface area contributed by atoms with Crippen molar-refractivity contribution in [3.8, 4) is 0 Å². The molecule has 5 rings (SSSR count). The maximum Gasteiger partial charge on any atom is 0.252 e. The van der Waals surface area contributed by atoms with E-state index in [4.69, 9.17) is 11.6 Å². The normalized spacial score (nSPS) is 19.6. The molecule has 2 N–H and O–H groups in total. The monoisotopic (exact) mass is 559 g/mol. The third-order valence-electron chi connectivity index (χ3n) is 6.77. The van der Waals surface area contributed by atoms with Gasteiger partial charge in [-0.25, -0.2) is 18.2 Å². The van der Waals surface area contributed by atoms with E-state index < -0.39 is 48.7 Å². The zero-order valence-corrected chi connectivity index (χ0v) is 21.3. The van der Waals surface area contributed by atoms with Gasteiger partial charge in [-0.15, -0.1) is 0 Å². The number of anilines is 2. The predicted octanol–water partition coefficient (Wildman–Crippen LogP) is 5.10. The van der Waals surface area contributed by atoms with Crippen LogP contribution in [0.4, 0.5) is 24.7 Å². The van der Waals surface area contributed by atoms with Crippen LogP contribution in [0.5, 0.6) is 0 Å². The molecule has 2 heterocycles. The quantitative estimate of drug-likeness (QED) is 0.374. The van der Waals surface area contributed by atoms with Gasteiger partial charge in [0.05, 0.1) is 5.69 Å². The molecule has 1 unspecified atom stereocenters. The lowest BCUT2D eigenvalue weighted by atomic mass is 9.88. The molecule has 1 aliphatic heterocycles. The molecule has 1 saturated heterocycles. The van der Waals surface area contributed by atoms with Crippen LogP contribution in [0.2, 0.25) is 5.02 Å². The molecule has 8 nitrogen and oxygen atoms in total. The van der Waals surface area contributed by atoms with Crippen molar-refractivity contribution in [1.29, 1.82) is 0 Å². The van der Waals surface area contributed by atoms with E-state index >= 15 is 0 Å². The Morgan fingerprint density at radius 2 is 1.87 bits per heavy atom. The van der Waals surface area contributed by atoms with Crippen molar-refractivity contribution >= 4 is 34.9 Å². The number of hydrogen-bond acceptors (Lipinski definition) is 6. The second kappa shape index (κ2) is 10.8. The van der Waals surface area contributed by atoms with Crippen LogP contribution in [-0.2, 0) is 9.59 Å². The van der Waals surface area contributed by atoms with Crippen LogP contribution in [0, 0.1) is 5.82 Å². The zero-order valence-electron chi connectivity index (χ0n) is 20.6. The van der Waals surface area contributed by atoms with E-state index in [2.05, 4.69) is 10.3 Å². The zero-order chi connectivity index (χ0) is 27.7. The first-order valence-electron chi connectivity index (χ1n) is 12.3. The molecule has 1 saturated carbocycles. The molecule has 2 fully saturated rings. The smallest absolute Gasteiger partial charge is 0.252 e. The number of halogens is 4. The number of hydrogen-bond donors (Lipinski definition) is 2. The Bertz CT molecular complexity index is 1360. The van der Waals surface area contributed by atoms with E-state index in [0.29, 0.717) is 5.17 Å². The minimum absolute atomic E-state index is 0.0665. The first-order chi connectivity index (χ1) is 18.6. The first-order valence-corrected chi connectivity index (χ1v) is 12.7. The standard InChI is InChI=1S/C27H25ClF3N5O3/c28-21-9-2-1-8-20(21)25(26(38)33-18-15-27(30,31)16-18)35(19-7-5-6-17(29)14-19)36(39)23-11-12-24(37)34(23)22-10-3-4-13-32-22/h1-10,13-14,18,23,25,39H,11-12,15-16H2,(H,33,38)/t23-,25?/m1/s1. The summed E-state index contributed by atoms with van der Waals surface area (Å²) in [5.41, 5.74) is 0.302.